The number of benzene rings is 3. The molecule has 2 amide bonds. The molecule has 1 unspecified atom stereocenters. The van der Waals surface area contributed by atoms with E-state index in [0.29, 0.717) is 31.1 Å². The van der Waals surface area contributed by atoms with E-state index in [1.165, 1.54) is 37.3 Å². The standard InChI is InChI=1S/C33H43N3O7S/c1-7-29(33(38)34-21-24(3)4)35(22-25-12-10-9-11-13-25)32(37)23-36(26-14-16-27(17-15-26)43-8-2)44(39,40)28-18-19-30(41-5)31(20-28)42-6/h9-20,24,29H,7-8,21-23H2,1-6H3,(H,34,38). The van der Waals surface area contributed by atoms with Crippen LogP contribution in [-0.2, 0) is 26.2 Å². The van der Waals surface area contributed by atoms with Gasteiger partial charge in [0.25, 0.3) is 10.0 Å². The molecule has 0 aliphatic carbocycles. The van der Waals surface area contributed by atoms with Crippen molar-refractivity contribution in [2.45, 2.75) is 51.6 Å². The van der Waals surface area contributed by atoms with Gasteiger partial charge in [-0.15, -0.1) is 0 Å². The predicted octanol–water partition coefficient (Wildman–Crippen LogP) is 4.88. The number of carbonyl (C=O) groups is 2. The minimum atomic E-state index is -4.30. The van der Waals surface area contributed by atoms with Crippen molar-refractivity contribution in [3.63, 3.8) is 0 Å². The lowest BCUT2D eigenvalue weighted by atomic mass is 10.1. The number of carbonyl (C=O) groups excluding carboxylic acids is 2. The van der Waals surface area contributed by atoms with Crippen molar-refractivity contribution >= 4 is 27.5 Å². The fourth-order valence-electron chi connectivity index (χ4n) is 4.63. The third kappa shape index (κ3) is 8.66. The zero-order valence-electron chi connectivity index (χ0n) is 26.3. The Hall–Kier alpha value is -4.25. The first-order valence-electron chi connectivity index (χ1n) is 14.6. The van der Waals surface area contributed by atoms with Crippen molar-refractivity contribution < 1.29 is 32.2 Å². The molecule has 1 atom stereocenters. The monoisotopic (exact) mass is 625 g/mol. The Labute approximate surface area is 261 Å². The predicted molar refractivity (Wildman–Crippen MR) is 171 cm³/mol. The maximum atomic E-state index is 14.2. The summed E-state index contributed by atoms with van der Waals surface area (Å²) in [6.07, 6.45) is 0.341. The van der Waals surface area contributed by atoms with Crippen LogP contribution in [0.4, 0.5) is 5.69 Å². The van der Waals surface area contributed by atoms with Gasteiger partial charge in [-0.25, -0.2) is 8.42 Å². The second kappa shape index (κ2) is 16.0. The number of sulfonamides is 1. The lowest BCUT2D eigenvalue weighted by Crippen LogP contribution is -2.52. The molecule has 0 fully saturated rings. The van der Waals surface area contributed by atoms with Crippen LogP contribution in [0.25, 0.3) is 0 Å². The van der Waals surface area contributed by atoms with Crippen LogP contribution in [0.15, 0.2) is 77.7 Å². The highest BCUT2D eigenvalue weighted by molar-refractivity contribution is 7.92. The number of methoxy groups -OCH3 is 2. The van der Waals surface area contributed by atoms with E-state index in [-0.39, 0.29) is 34.7 Å². The lowest BCUT2D eigenvalue weighted by Gasteiger charge is -2.33. The van der Waals surface area contributed by atoms with E-state index in [9.17, 15) is 18.0 Å². The van der Waals surface area contributed by atoms with Gasteiger partial charge in [0.05, 0.1) is 31.4 Å². The highest BCUT2D eigenvalue weighted by Gasteiger charge is 2.34. The van der Waals surface area contributed by atoms with Crippen LogP contribution >= 0.6 is 0 Å². The number of nitrogens with zero attached hydrogens (tertiary/aromatic N) is 2. The van der Waals surface area contributed by atoms with Crippen molar-refractivity contribution in [3.05, 3.63) is 78.4 Å². The highest BCUT2D eigenvalue weighted by Crippen LogP contribution is 2.33. The Morgan fingerprint density at radius 2 is 1.55 bits per heavy atom. The van der Waals surface area contributed by atoms with Gasteiger partial charge in [-0.05, 0) is 61.2 Å². The van der Waals surface area contributed by atoms with Gasteiger partial charge in [-0.3, -0.25) is 13.9 Å². The van der Waals surface area contributed by atoms with E-state index >= 15 is 0 Å². The lowest BCUT2D eigenvalue weighted by molar-refractivity contribution is -0.140. The first-order valence-corrected chi connectivity index (χ1v) is 16.1. The molecule has 0 heterocycles. The molecule has 0 aromatic heterocycles. The third-order valence-corrected chi connectivity index (χ3v) is 8.69. The van der Waals surface area contributed by atoms with Gasteiger partial charge in [0, 0.05) is 19.2 Å². The molecule has 0 aliphatic rings. The molecule has 0 aliphatic heterocycles. The van der Waals surface area contributed by atoms with Crippen molar-refractivity contribution in [3.8, 4) is 17.2 Å². The molecule has 3 aromatic rings. The van der Waals surface area contributed by atoms with Gasteiger partial charge in [0.2, 0.25) is 11.8 Å². The van der Waals surface area contributed by atoms with E-state index in [1.807, 2.05) is 58.0 Å². The summed E-state index contributed by atoms with van der Waals surface area (Å²) in [4.78, 5) is 28.9. The van der Waals surface area contributed by atoms with Crippen LogP contribution in [0.2, 0.25) is 0 Å². The zero-order chi connectivity index (χ0) is 32.3. The Kier molecular flexibility index (Phi) is 12.5. The van der Waals surface area contributed by atoms with Crippen LogP contribution < -0.4 is 23.8 Å². The number of anilines is 1. The molecule has 3 rings (SSSR count). The van der Waals surface area contributed by atoms with Crippen LogP contribution in [0, 0.1) is 5.92 Å². The number of ether oxygens (including phenoxy) is 3. The first-order chi connectivity index (χ1) is 21.0. The number of hydrogen-bond acceptors (Lipinski definition) is 7. The maximum Gasteiger partial charge on any atom is 0.264 e. The largest absolute Gasteiger partial charge is 0.494 e. The third-order valence-electron chi connectivity index (χ3n) is 6.92. The summed E-state index contributed by atoms with van der Waals surface area (Å²) < 4.78 is 45.7. The molecular weight excluding hydrogens is 582 g/mol. The molecule has 0 spiro atoms. The molecule has 0 bridgehead atoms. The normalized spacial score (nSPS) is 11.9. The fourth-order valence-corrected chi connectivity index (χ4v) is 6.06. The van der Waals surface area contributed by atoms with Gasteiger partial charge < -0.3 is 24.4 Å². The number of rotatable bonds is 16. The molecule has 0 saturated heterocycles. The molecular formula is C33H43N3O7S. The molecule has 11 heteroatoms. The summed E-state index contributed by atoms with van der Waals surface area (Å²) in [5, 5.41) is 2.93. The van der Waals surface area contributed by atoms with Gasteiger partial charge in [0.15, 0.2) is 11.5 Å². The molecule has 238 valence electrons. The Balaban J connectivity index is 2.08. The summed E-state index contributed by atoms with van der Waals surface area (Å²) in [6, 6.07) is 19.2. The van der Waals surface area contributed by atoms with E-state index < -0.39 is 28.5 Å². The van der Waals surface area contributed by atoms with Crippen LogP contribution in [0.5, 0.6) is 17.2 Å². The van der Waals surface area contributed by atoms with Crippen LogP contribution in [0.1, 0.15) is 39.7 Å². The summed E-state index contributed by atoms with van der Waals surface area (Å²) in [7, 11) is -1.43. The molecule has 1 N–H and O–H groups in total. The average Bonchev–Trinajstić information content (AvgIpc) is 3.03. The Bertz CT molecular complexity index is 1480. The molecule has 0 saturated carbocycles. The summed E-state index contributed by atoms with van der Waals surface area (Å²) >= 11 is 0. The quantitative estimate of drug-likeness (QED) is 0.241. The van der Waals surface area contributed by atoms with Crippen molar-refractivity contribution in [1.29, 1.82) is 0 Å². The van der Waals surface area contributed by atoms with Crippen molar-refractivity contribution in [2.24, 2.45) is 5.92 Å². The number of nitrogens with one attached hydrogen (secondary N) is 1. The van der Waals surface area contributed by atoms with Gasteiger partial charge in [-0.1, -0.05) is 51.1 Å². The average molecular weight is 626 g/mol. The number of amides is 2. The summed E-state index contributed by atoms with van der Waals surface area (Å²) in [6.45, 7) is 8.13. The second-order valence-corrected chi connectivity index (χ2v) is 12.4. The van der Waals surface area contributed by atoms with E-state index in [4.69, 9.17) is 14.2 Å². The minimum absolute atomic E-state index is 0.0897. The second-order valence-electron chi connectivity index (χ2n) is 10.5. The van der Waals surface area contributed by atoms with Crippen LogP contribution in [-0.4, -0.2) is 65.1 Å². The van der Waals surface area contributed by atoms with E-state index in [2.05, 4.69) is 5.32 Å². The van der Waals surface area contributed by atoms with Gasteiger partial charge in [-0.2, -0.15) is 0 Å². The van der Waals surface area contributed by atoms with E-state index in [0.717, 1.165) is 9.87 Å². The maximum absolute atomic E-state index is 14.2. The fraction of sp³-hybridized carbons (Fsp3) is 0.394. The summed E-state index contributed by atoms with van der Waals surface area (Å²) in [5.74, 6) is 0.549. The van der Waals surface area contributed by atoms with Gasteiger partial charge in [0.1, 0.15) is 18.3 Å². The van der Waals surface area contributed by atoms with Crippen molar-refractivity contribution in [2.75, 3.05) is 38.2 Å². The summed E-state index contributed by atoms with van der Waals surface area (Å²) in [5.41, 5.74) is 1.07. The molecule has 0 radical (unpaired) electrons. The smallest absolute Gasteiger partial charge is 0.264 e. The molecule has 3 aromatic carbocycles. The van der Waals surface area contributed by atoms with E-state index in [1.54, 1.807) is 24.3 Å². The topological polar surface area (TPSA) is 114 Å². The zero-order valence-corrected chi connectivity index (χ0v) is 27.1. The van der Waals surface area contributed by atoms with Crippen molar-refractivity contribution in [1.82, 2.24) is 10.2 Å². The molecule has 10 nitrogen and oxygen atoms in total. The minimum Gasteiger partial charge on any atom is -0.494 e. The Morgan fingerprint density at radius 3 is 2.11 bits per heavy atom. The number of hydrogen-bond donors (Lipinski definition) is 1. The SMILES string of the molecule is CCOc1ccc(N(CC(=O)N(Cc2ccccc2)C(CC)C(=O)NCC(C)C)S(=O)(=O)c2ccc(OC)c(OC)c2)cc1. The highest BCUT2D eigenvalue weighted by atomic mass is 32.2. The molecule has 44 heavy (non-hydrogen) atoms. The first kappa shape index (κ1) is 34.2. The van der Waals surface area contributed by atoms with Crippen LogP contribution in [0.3, 0.4) is 0 Å². The van der Waals surface area contributed by atoms with Gasteiger partial charge >= 0.3 is 0 Å². The Morgan fingerprint density at radius 1 is 0.886 bits per heavy atom.